The van der Waals surface area contributed by atoms with E-state index in [0.717, 1.165) is 23.1 Å². The number of aliphatic hydroxyl groups is 1. The molecular weight excluding hydrogens is 320 g/mol. The number of methoxy groups -OCH3 is 1. The number of carbonyl (C=O) groups is 1. The molecule has 1 saturated heterocycles. The van der Waals surface area contributed by atoms with E-state index in [2.05, 4.69) is 6.58 Å². The SMILES string of the molecule is C=C(O)/C1=C/CC2(CCO2)Cc2cc(O)c(OC)cc2/C(C)=C/C1=O. The molecule has 0 aromatic heterocycles. The third kappa shape index (κ3) is 3.20. The van der Waals surface area contributed by atoms with Crippen LogP contribution in [0.4, 0.5) is 0 Å². The Balaban J connectivity index is 2.17. The summed E-state index contributed by atoms with van der Waals surface area (Å²) in [5.41, 5.74) is 2.21. The number of ketones is 1. The maximum Gasteiger partial charge on any atom is 0.189 e. The Morgan fingerprint density at radius 2 is 2.12 bits per heavy atom. The summed E-state index contributed by atoms with van der Waals surface area (Å²) in [6.45, 7) is 5.98. The molecule has 2 N–H and O–H groups in total. The minimum atomic E-state index is -0.436. The van der Waals surface area contributed by atoms with E-state index in [0.29, 0.717) is 25.2 Å². The summed E-state index contributed by atoms with van der Waals surface area (Å²) in [5.74, 6) is -0.138. The lowest BCUT2D eigenvalue weighted by Crippen LogP contribution is -2.45. The predicted molar refractivity (Wildman–Crippen MR) is 94.8 cm³/mol. The summed E-state index contributed by atoms with van der Waals surface area (Å²) in [7, 11) is 1.49. The molecule has 1 spiro atoms. The van der Waals surface area contributed by atoms with E-state index in [1.54, 1.807) is 18.2 Å². The molecule has 0 radical (unpaired) electrons. The van der Waals surface area contributed by atoms with Gasteiger partial charge in [-0.3, -0.25) is 4.79 Å². The van der Waals surface area contributed by atoms with Gasteiger partial charge in [-0.05, 0) is 48.3 Å². The number of aliphatic hydroxyl groups excluding tert-OH is 1. The summed E-state index contributed by atoms with van der Waals surface area (Å²) in [4.78, 5) is 12.5. The van der Waals surface area contributed by atoms with Crippen molar-refractivity contribution < 1.29 is 24.5 Å². The molecule has 25 heavy (non-hydrogen) atoms. The largest absolute Gasteiger partial charge is 0.508 e. The van der Waals surface area contributed by atoms with Crippen molar-refractivity contribution in [2.24, 2.45) is 0 Å². The first-order valence-electron chi connectivity index (χ1n) is 8.20. The molecule has 0 bridgehead atoms. The van der Waals surface area contributed by atoms with E-state index in [4.69, 9.17) is 9.47 Å². The second-order valence-electron chi connectivity index (χ2n) is 6.60. The highest BCUT2D eigenvalue weighted by molar-refractivity contribution is 6.10. The molecular formula is C20H22O5. The number of phenolic OH excluding ortho intramolecular Hbond substituents is 1. The quantitative estimate of drug-likeness (QED) is 0.805. The normalized spacial score (nSPS) is 27.4. The Morgan fingerprint density at radius 3 is 2.68 bits per heavy atom. The molecule has 5 heteroatoms. The monoisotopic (exact) mass is 342 g/mol. The summed E-state index contributed by atoms with van der Waals surface area (Å²) in [6.07, 6.45) is 5.11. The lowest BCUT2D eigenvalue weighted by molar-refractivity contribution is -0.143. The number of hydrogen-bond donors (Lipinski definition) is 2. The highest BCUT2D eigenvalue weighted by Gasteiger charge is 2.39. The van der Waals surface area contributed by atoms with Gasteiger partial charge < -0.3 is 19.7 Å². The zero-order chi connectivity index (χ0) is 18.2. The molecule has 1 aliphatic heterocycles. The standard InChI is InChI=1S/C20H22O5/c1-12-8-17(22)15(13(2)21)4-5-20(6-7-25-20)11-14-9-18(23)19(24-3)10-16(12)14/h4,8-10,21,23H,2,5-7,11H2,1,3H3/b12-8+,15-4-. The van der Waals surface area contributed by atoms with Crippen molar-refractivity contribution in [1.82, 2.24) is 0 Å². The zero-order valence-corrected chi connectivity index (χ0v) is 14.5. The van der Waals surface area contributed by atoms with Crippen LogP contribution in [0.5, 0.6) is 11.5 Å². The molecule has 1 unspecified atom stereocenters. The molecule has 1 aromatic carbocycles. The van der Waals surface area contributed by atoms with E-state index in [9.17, 15) is 15.0 Å². The third-order valence-electron chi connectivity index (χ3n) is 4.91. The number of benzene rings is 1. The maximum absolute atomic E-state index is 12.5. The van der Waals surface area contributed by atoms with Crippen LogP contribution >= 0.6 is 0 Å². The van der Waals surface area contributed by atoms with Gasteiger partial charge in [-0.15, -0.1) is 0 Å². The third-order valence-corrected chi connectivity index (χ3v) is 4.91. The predicted octanol–water partition coefficient (Wildman–Crippen LogP) is 3.48. The van der Waals surface area contributed by atoms with Crippen LogP contribution in [-0.2, 0) is 16.0 Å². The van der Waals surface area contributed by atoms with Crippen molar-refractivity contribution in [3.63, 3.8) is 0 Å². The van der Waals surface area contributed by atoms with E-state index in [-0.39, 0.29) is 22.9 Å². The topological polar surface area (TPSA) is 76.0 Å². The van der Waals surface area contributed by atoms with Crippen molar-refractivity contribution in [3.05, 3.63) is 53.3 Å². The van der Waals surface area contributed by atoms with E-state index >= 15 is 0 Å². The van der Waals surface area contributed by atoms with Gasteiger partial charge in [0.25, 0.3) is 0 Å². The Bertz CT molecular complexity index is 797. The summed E-state index contributed by atoms with van der Waals surface area (Å²) >= 11 is 0. The van der Waals surface area contributed by atoms with Gasteiger partial charge in [-0.25, -0.2) is 0 Å². The fraction of sp³-hybridized carbons (Fsp3) is 0.350. The average Bonchev–Trinajstić information content (AvgIpc) is 2.51. The fourth-order valence-corrected chi connectivity index (χ4v) is 3.40. The lowest BCUT2D eigenvalue weighted by Gasteiger charge is -2.42. The number of aromatic hydroxyl groups is 1. The molecule has 0 saturated carbocycles. The van der Waals surface area contributed by atoms with Gasteiger partial charge in [0, 0.05) is 12.8 Å². The Morgan fingerprint density at radius 1 is 1.40 bits per heavy atom. The molecule has 0 amide bonds. The fourth-order valence-electron chi connectivity index (χ4n) is 3.40. The molecule has 1 aliphatic carbocycles. The molecule has 132 valence electrons. The first kappa shape index (κ1) is 17.3. The van der Waals surface area contributed by atoms with Crippen molar-refractivity contribution in [3.8, 4) is 11.5 Å². The maximum atomic E-state index is 12.5. The minimum absolute atomic E-state index is 0.0619. The van der Waals surface area contributed by atoms with Crippen molar-refractivity contribution >= 4 is 11.4 Å². The summed E-state index contributed by atoms with van der Waals surface area (Å²) in [5, 5.41) is 19.9. The number of rotatable bonds is 2. The molecule has 3 rings (SSSR count). The molecule has 1 heterocycles. The van der Waals surface area contributed by atoms with Crippen LogP contribution in [-0.4, -0.2) is 35.3 Å². The van der Waals surface area contributed by atoms with E-state index in [1.807, 2.05) is 6.92 Å². The van der Waals surface area contributed by atoms with Gasteiger partial charge in [0.1, 0.15) is 5.76 Å². The average molecular weight is 342 g/mol. The first-order chi connectivity index (χ1) is 11.8. The van der Waals surface area contributed by atoms with Crippen LogP contribution in [0.2, 0.25) is 0 Å². The van der Waals surface area contributed by atoms with Crippen LogP contribution in [0, 0.1) is 0 Å². The van der Waals surface area contributed by atoms with Gasteiger partial charge in [-0.2, -0.15) is 0 Å². The second-order valence-corrected chi connectivity index (χ2v) is 6.60. The number of carbonyl (C=O) groups excluding carboxylic acids is 1. The zero-order valence-electron chi connectivity index (χ0n) is 14.5. The van der Waals surface area contributed by atoms with E-state index in [1.165, 1.54) is 13.2 Å². The number of fused-ring (bicyclic) bond motifs is 1. The van der Waals surface area contributed by atoms with E-state index < -0.39 is 5.60 Å². The Labute approximate surface area is 146 Å². The highest BCUT2D eigenvalue weighted by Crippen LogP contribution is 2.40. The number of allylic oxidation sites excluding steroid dienone is 3. The molecule has 1 atom stereocenters. The van der Waals surface area contributed by atoms with Gasteiger partial charge >= 0.3 is 0 Å². The molecule has 5 nitrogen and oxygen atoms in total. The Hall–Kier alpha value is -2.53. The molecule has 2 aliphatic rings. The Kier molecular flexibility index (Phi) is 4.43. The summed E-state index contributed by atoms with van der Waals surface area (Å²) in [6, 6.07) is 3.41. The number of ether oxygens (including phenoxy) is 2. The van der Waals surface area contributed by atoms with Crippen LogP contribution in [0.15, 0.2) is 42.2 Å². The van der Waals surface area contributed by atoms with Crippen molar-refractivity contribution in [2.45, 2.75) is 31.8 Å². The van der Waals surface area contributed by atoms with Crippen molar-refractivity contribution in [1.29, 1.82) is 0 Å². The number of phenols is 1. The summed E-state index contributed by atoms with van der Waals surface area (Å²) < 4.78 is 11.1. The second kappa shape index (κ2) is 6.41. The van der Waals surface area contributed by atoms with Crippen LogP contribution in [0.1, 0.15) is 30.9 Å². The van der Waals surface area contributed by atoms with Crippen LogP contribution in [0.25, 0.3) is 5.57 Å². The highest BCUT2D eigenvalue weighted by atomic mass is 16.5. The van der Waals surface area contributed by atoms with Gasteiger partial charge in [-0.1, -0.05) is 12.7 Å². The number of hydrogen-bond acceptors (Lipinski definition) is 5. The first-order valence-corrected chi connectivity index (χ1v) is 8.20. The van der Waals surface area contributed by atoms with Gasteiger partial charge in [0.2, 0.25) is 0 Å². The van der Waals surface area contributed by atoms with Crippen molar-refractivity contribution in [2.75, 3.05) is 13.7 Å². The van der Waals surface area contributed by atoms with Crippen LogP contribution < -0.4 is 4.74 Å². The minimum Gasteiger partial charge on any atom is -0.508 e. The smallest absolute Gasteiger partial charge is 0.189 e. The van der Waals surface area contributed by atoms with Gasteiger partial charge in [0.05, 0.1) is 24.9 Å². The lowest BCUT2D eigenvalue weighted by atomic mass is 9.80. The molecule has 1 aromatic rings. The van der Waals surface area contributed by atoms with Gasteiger partial charge in [0.15, 0.2) is 17.3 Å². The molecule has 1 fully saturated rings. The van der Waals surface area contributed by atoms with Crippen LogP contribution in [0.3, 0.4) is 0 Å².